The number of hydrogen-bond acceptors (Lipinski definition) is 3. The maximum atomic E-state index is 11.6. The van der Waals surface area contributed by atoms with Crippen LogP contribution in [0.2, 0.25) is 0 Å². The topological polar surface area (TPSA) is 70.4 Å². The lowest BCUT2D eigenvalue weighted by atomic mass is 9.31. The van der Waals surface area contributed by atoms with Crippen LogP contribution in [0.25, 0.3) is 0 Å². The molecule has 0 spiro atoms. The van der Waals surface area contributed by atoms with Gasteiger partial charge in [0.15, 0.2) is 0 Å². The monoisotopic (exact) mass is 507 g/mol. The maximum absolute atomic E-state index is 11.6. The lowest BCUT2D eigenvalue weighted by Crippen LogP contribution is -2.66. The Hall–Kier alpha value is -0.390. The molecule has 0 bridgehead atoms. The first-order valence-electron chi connectivity index (χ1n) is 14.4. The Bertz CT molecular complexity index is 959. The predicted molar refractivity (Wildman–Crippen MR) is 145 cm³/mol. The molecule has 3 saturated carbocycles. The molecule has 0 saturated heterocycles. The highest BCUT2D eigenvalue weighted by atomic mass is 32.2. The summed E-state index contributed by atoms with van der Waals surface area (Å²) in [5.41, 5.74) is 2.62. The van der Waals surface area contributed by atoms with Gasteiger partial charge in [0.2, 0.25) is 0 Å². The third-order valence-corrected chi connectivity index (χ3v) is 13.6. The molecule has 0 aromatic heterocycles. The van der Waals surface area contributed by atoms with E-state index in [1.807, 2.05) is 0 Å². The molecule has 0 amide bonds. The van der Waals surface area contributed by atoms with Crippen LogP contribution in [0, 0.1) is 49.6 Å². The predicted octanol–water partition coefficient (Wildman–Crippen LogP) is 9.02. The number of nitrogens with one attached hydrogen (secondary N) is 1. The van der Waals surface area contributed by atoms with E-state index in [1.165, 1.54) is 50.5 Å². The van der Waals surface area contributed by atoms with Crippen molar-refractivity contribution in [1.29, 1.82) is 4.78 Å². The standard InChI is InChI=1S/C30H53NO3S/c1-21(2)10-9-11-22(3)25-14-17-28(6)27(25,5)18-19-29(7)26(4)15-13-24(34-35(31,32)33)20-23(26)12-16-30(28,29)8/h12,21-22,24-25H,9-11,13-20H2,1-8H3,(H2,31,32,33)/t22-,24+,25-,26+,27-,28-,29-,30+/m1/s1. The van der Waals surface area contributed by atoms with Crippen molar-refractivity contribution in [2.75, 3.05) is 0 Å². The van der Waals surface area contributed by atoms with Crippen LogP contribution < -0.4 is 0 Å². The molecule has 0 aromatic rings. The highest BCUT2D eigenvalue weighted by molar-refractivity contribution is 7.82. The Balaban J connectivity index is 1.63. The molecular formula is C30H53NO3S. The zero-order valence-corrected chi connectivity index (χ0v) is 24.7. The van der Waals surface area contributed by atoms with Gasteiger partial charge in [-0.05, 0) is 96.2 Å². The van der Waals surface area contributed by atoms with E-state index in [-0.39, 0.29) is 22.3 Å². The summed E-state index contributed by atoms with van der Waals surface area (Å²) in [6, 6.07) is 0. The Labute approximate surface area is 216 Å². The molecule has 4 aliphatic rings. The summed E-state index contributed by atoms with van der Waals surface area (Å²) in [5, 5.41) is 0. The van der Waals surface area contributed by atoms with Gasteiger partial charge in [-0.1, -0.05) is 86.3 Å². The normalized spacial score (nSPS) is 47.9. The highest BCUT2D eigenvalue weighted by Crippen LogP contribution is 2.81. The van der Waals surface area contributed by atoms with E-state index in [1.54, 1.807) is 0 Å². The number of fused-ring (bicyclic) bond motifs is 5. The van der Waals surface area contributed by atoms with Crippen LogP contribution in [0.5, 0.6) is 0 Å². The molecule has 4 rings (SSSR count). The average molecular weight is 508 g/mol. The molecule has 0 aliphatic heterocycles. The van der Waals surface area contributed by atoms with E-state index in [4.69, 9.17) is 8.96 Å². The fraction of sp³-hybridized carbons (Fsp3) is 0.933. The fourth-order valence-corrected chi connectivity index (χ4v) is 10.8. The third kappa shape index (κ3) is 4.00. The lowest BCUT2D eigenvalue weighted by molar-refractivity contribution is -0.222. The van der Waals surface area contributed by atoms with Gasteiger partial charge in [0.05, 0.1) is 6.10 Å². The number of hydrogen-bond donors (Lipinski definition) is 2. The first-order valence-corrected chi connectivity index (χ1v) is 15.9. The summed E-state index contributed by atoms with van der Waals surface area (Å²) >= 11 is 0. The molecule has 9 atom stereocenters. The quantitative estimate of drug-likeness (QED) is 0.338. The van der Waals surface area contributed by atoms with Crippen molar-refractivity contribution in [3.05, 3.63) is 11.6 Å². The first kappa shape index (κ1) is 27.6. The number of rotatable bonds is 7. The molecule has 1 unspecified atom stereocenters. The largest absolute Gasteiger partial charge is 0.287 e. The molecule has 35 heavy (non-hydrogen) atoms. The zero-order valence-electron chi connectivity index (χ0n) is 23.8. The van der Waals surface area contributed by atoms with E-state index in [0.29, 0.717) is 17.3 Å². The maximum Gasteiger partial charge on any atom is 0.287 e. The van der Waals surface area contributed by atoms with Crippen molar-refractivity contribution in [2.24, 2.45) is 44.8 Å². The summed E-state index contributed by atoms with van der Waals surface area (Å²) in [7, 11) is -3.91. The summed E-state index contributed by atoms with van der Waals surface area (Å²) in [6.07, 6.45) is 15.1. The lowest BCUT2D eigenvalue weighted by Gasteiger charge is -2.73. The van der Waals surface area contributed by atoms with E-state index in [2.05, 4.69) is 61.5 Å². The summed E-state index contributed by atoms with van der Waals surface area (Å²) in [5.74, 6) is 2.41. The van der Waals surface area contributed by atoms with Gasteiger partial charge in [-0.3, -0.25) is 8.74 Å². The SMILES string of the molecule is CC(C)CCC[C@@H](C)[C@H]1CC[C@@]2(C)[C@]3(C)CC=C4C[C@@H](OS(=N)(=O)O)CC[C@]4(C)[C@@]3(C)CC[C@]12C. The van der Waals surface area contributed by atoms with Crippen LogP contribution in [-0.2, 0) is 14.5 Å². The van der Waals surface area contributed by atoms with E-state index >= 15 is 0 Å². The van der Waals surface area contributed by atoms with Crippen molar-refractivity contribution < 1.29 is 12.9 Å². The molecule has 0 radical (unpaired) electrons. The minimum absolute atomic E-state index is 0.0868. The molecule has 5 heteroatoms. The second kappa shape index (κ2) is 8.83. The summed E-state index contributed by atoms with van der Waals surface area (Å²) in [4.78, 5) is 0. The Kier molecular flexibility index (Phi) is 6.98. The fourth-order valence-electron chi connectivity index (χ4n) is 10.2. The highest BCUT2D eigenvalue weighted by Gasteiger charge is 2.73. The van der Waals surface area contributed by atoms with Crippen molar-refractivity contribution in [3.63, 3.8) is 0 Å². The first-order chi connectivity index (χ1) is 16.0. The minimum atomic E-state index is -3.91. The van der Waals surface area contributed by atoms with Crippen molar-refractivity contribution in [3.8, 4) is 0 Å². The minimum Gasteiger partial charge on any atom is -0.279 e. The van der Waals surface area contributed by atoms with Gasteiger partial charge in [0.1, 0.15) is 0 Å². The Morgan fingerprint density at radius 1 is 1.00 bits per heavy atom. The van der Waals surface area contributed by atoms with Gasteiger partial charge >= 0.3 is 0 Å². The van der Waals surface area contributed by atoms with Crippen LogP contribution in [-0.4, -0.2) is 14.9 Å². The second-order valence-corrected chi connectivity index (χ2v) is 15.7. The van der Waals surface area contributed by atoms with Crippen LogP contribution in [0.15, 0.2) is 11.6 Å². The molecule has 202 valence electrons. The van der Waals surface area contributed by atoms with E-state index in [9.17, 15) is 8.76 Å². The van der Waals surface area contributed by atoms with Crippen LogP contribution in [0.1, 0.15) is 126 Å². The van der Waals surface area contributed by atoms with Crippen molar-refractivity contribution >= 4 is 10.3 Å². The molecule has 3 fully saturated rings. The molecule has 0 aromatic carbocycles. The third-order valence-electron chi connectivity index (χ3n) is 13.1. The van der Waals surface area contributed by atoms with E-state index in [0.717, 1.165) is 37.0 Å². The van der Waals surface area contributed by atoms with Crippen LogP contribution >= 0.6 is 0 Å². The smallest absolute Gasteiger partial charge is 0.279 e. The van der Waals surface area contributed by atoms with Crippen LogP contribution in [0.3, 0.4) is 0 Å². The molecule has 0 heterocycles. The van der Waals surface area contributed by atoms with E-state index < -0.39 is 10.3 Å². The van der Waals surface area contributed by atoms with Crippen molar-refractivity contribution in [2.45, 2.75) is 132 Å². The Morgan fingerprint density at radius 2 is 1.69 bits per heavy atom. The zero-order chi connectivity index (χ0) is 26.1. The Morgan fingerprint density at radius 3 is 2.31 bits per heavy atom. The van der Waals surface area contributed by atoms with Gasteiger partial charge in [-0.25, -0.2) is 4.78 Å². The van der Waals surface area contributed by atoms with Gasteiger partial charge < -0.3 is 0 Å². The molecule has 2 N–H and O–H groups in total. The second-order valence-electron chi connectivity index (χ2n) is 14.6. The van der Waals surface area contributed by atoms with Crippen molar-refractivity contribution in [1.82, 2.24) is 0 Å². The van der Waals surface area contributed by atoms with Gasteiger partial charge in [-0.2, -0.15) is 4.21 Å². The van der Waals surface area contributed by atoms with Gasteiger partial charge in [-0.15, -0.1) is 0 Å². The average Bonchev–Trinajstić information content (AvgIpc) is 3.02. The van der Waals surface area contributed by atoms with Gasteiger partial charge in [0.25, 0.3) is 10.3 Å². The molecule has 4 nitrogen and oxygen atoms in total. The number of allylic oxidation sites excluding steroid dienone is 1. The summed E-state index contributed by atoms with van der Waals surface area (Å²) in [6.45, 7) is 20.3. The molecular weight excluding hydrogens is 454 g/mol. The summed E-state index contributed by atoms with van der Waals surface area (Å²) < 4.78 is 33.7. The van der Waals surface area contributed by atoms with Crippen LogP contribution in [0.4, 0.5) is 0 Å². The molecule has 4 aliphatic carbocycles. The van der Waals surface area contributed by atoms with Gasteiger partial charge in [0, 0.05) is 0 Å².